The maximum atomic E-state index is 13.4. The van der Waals surface area contributed by atoms with Crippen molar-refractivity contribution in [2.24, 2.45) is 0 Å². The van der Waals surface area contributed by atoms with Crippen molar-refractivity contribution in [3.05, 3.63) is 69.7 Å². The lowest BCUT2D eigenvalue weighted by atomic mass is 10.0. The number of halogens is 2. The van der Waals surface area contributed by atoms with Gasteiger partial charge in [-0.3, -0.25) is 19.2 Å². The fourth-order valence-corrected chi connectivity index (χ4v) is 3.72. The van der Waals surface area contributed by atoms with E-state index in [1.165, 1.54) is 18.2 Å². The second-order valence-electron chi connectivity index (χ2n) is 6.53. The maximum absolute atomic E-state index is 13.4. The second-order valence-corrected chi connectivity index (χ2v) is 7.37. The number of hydrogen-bond acceptors (Lipinski definition) is 4. The number of Topliss-reactive ketones (excluding diaryl/α,β-unsaturated/α-hetero) is 1. The molecule has 2 aromatic carbocycles. The molecule has 3 rings (SSSR count). The molecule has 150 valence electrons. The molecule has 29 heavy (non-hydrogen) atoms. The molecule has 2 aromatic rings. The van der Waals surface area contributed by atoms with Crippen molar-refractivity contribution in [3.8, 4) is 0 Å². The first-order chi connectivity index (χ1) is 13.8. The van der Waals surface area contributed by atoms with Gasteiger partial charge in [-0.15, -0.1) is 0 Å². The minimum Gasteiger partial charge on any atom is -0.292 e. The molecule has 0 aliphatic carbocycles. The van der Waals surface area contributed by atoms with Gasteiger partial charge in [0.2, 0.25) is 11.8 Å². The Hall–Kier alpha value is -2.70. The number of hydrazine groups is 1. The number of amides is 3. The summed E-state index contributed by atoms with van der Waals surface area (Å²) in [5, 5.41) is 2.12. The first-order valence-electron chi connectivity index (χ1n) is 9.08. The molecule has 0 aromatic heterocycles. The van der Waals surface area contributed by atoms with Crippen LogP contribution in [0.15, 0.2) is 48.5 Å². The molecule has 1 atom stereocenters. The van der Waals surface area contributed by atoms with Crippen LogP contribution >= 0.6 is 23.2 Å². The van der Waals surface area contributed by atoms with Crippen LogP contribution in [0.4, 0.5) is 0 Å². The summed E-state index contributed by atoms with van der Waals surface area (Å²) in [5.74, 6) is -2.16. The average Bonchev–Trinajstić information content (AvgIpc) is 3.04. The minimum absolute atomic E-state index is 0.0209. The van der Waals surface area contributed by atoms with Crippen LogP contribution in [0, 0.1) is 0 Å². The summed E-state index contributed by atoms with van der Waals surface area (Å²) in [6.07, 6.45) is 0.154. The van der Waals surface area contributed by atoms with Crippen LogP contribution in [-0.4, -0.2) is 39.6 Å². The number of benzene rings is 2. The number of nitrogens with zero attached hydrogens (tertiary/aromatic N) is 2. The SMILES string of the molecule is CC[C@H](C(=O)c1ccccc1)N(C(=O)c1ccc(Cl)cc1Cl)N1C(=O)CCC1=O. The van der Waals surface area contributed by atoms with Gasteiger partial charge in [-0.25, -0.2) is 5.01 Å². The quantitative estimate of drug-likeness (QED) is 0.507. The first-order valence-corrected chi connectivity index (χ1v) is 9.84. The number of rotatable bonds is 6. The summed E-state index contributed by atoms with van der Waals surface area (Å²) in [5.41, 5.74) is 0.418. The monoisotopic (exact) mass is 432 g/mol. The lowest BCUT2D eigenvalue weighted by Gasteiger charge is -2.35. The molecule has 1 fully saturated rings. The van der Waals surface area contributed by atoms with Crippen LogP contribution in [0.1, 0.15) is 46.9 Å². The third-order valence-electron chi connectivity index (χ3n) is 4.65. The van der Waals surface area contributed by atoms with Gasteiger partial charge in [0.1, 0.15) is 6.04 Å². The molecule has 3 amide bonds. The summed E-state index contributed by atoms with van der Waals surface area (Å²) in [4.78, 5) is 51.4. The van der Waals surface area contributed by atoms with Crippen molar-refractivity contribution >= 4 is 46.7 Å². The molecule has 1 heterocycles. The molecule has 0 saturated carbocycles. The third-order valence-corrected chi connectivity index (χ3v) is 5.20. The zero-order valence-corrected chi connectivity index (χ0v) is 17.1. The highest BCUT2D eigenvalue weighted by atomic mass is 35.5. The molecule has 1 aliphatic heterocycles. The largest absolute Gasteiger partial charge is 0.292 e. The van der Waals surface area contributed by atoms with Gasteiger partial charge in [0.25, 0.3) is 5.91 Å². The van der Waals surface area contributed by atoms with E-state index < -0.39 is 23.8 Å². The maximum Gasteiger partial charge on any atom is 0.275 e. The Bertz CT molecular complexity index is 962. The van der Waals surface area contributed by atoms with Crippen LogP contribution in [0.3, 0.4) is 0 Å². The first kappa shape index (κ1) is 21.0. The van der Waals surface area contributed by atoms with Crippen LogP contribution in [0.5, 0.6) is 0 Å². The lowest BCUT2D eigenvalue weighted by Crippen LogP contribution is -2.56. The molecule has 0 N–H and O–H groups in total. The second kappa shape index (κ2) is 8.76. The van der Waals surface area contributed by atoms with E-state index in [0.717, 1.165) is 10.0 Å². The normalized spacial score (nSPS) is 14.8. The fraction of sp³-hybridized carbons (Fsp3) is 0.238. The Morgan fingerprint density at radius 1 is 1.03 bits per heavy atom. The lowest BCUT2D eigenvalue weighted by molar-refractivity contribution is -0.155. The number of ketones is 1. The van der Waals surface area contributed by atoms with Crippen molar-refractivity contribution < 1.29 is 19.2 Å². The van der Waals surface area contributed by atoms with E-state index in [1.807, 2.05) is 0 Å². The van der Waals surface area contributed by atoms with Crippen molar-refractivity contribution in [1.82, 2.24) is 10.0 Å². The van der Waals surface area contributed by atoms with Crippen LogP contribution in [-0.2, 0) is 9.59 Å². The summed E-state index contributed by atoms with van der Waals surface area (Å²) < 4.78 is 0. The van der Waals surface area contributed by atoms with E-state index in [9.17, 15) is 19.2 Å². The van der Waals surface area contributed by atoms with Gasteiger partial charge in [-0.05, 0) is 24.6 Å². The van der Waals surface area contributed by atoms with Gasteiger partial charge in [-0.1, -0.05) is 60.5 Å². The Morgan fingerprint density at radius 3 is 2.21 bits per heavy atom. The van der Waals surface area contributed by atoms with E-state index in [0.29, 0.717) is 10.6 Å². The van der Waals surface area contributed by atoms with Gasteiger partial charge >= 0.3 is 0 Å². The van der Waals surface area contributed by atoms with Crippen LogP contribution in [0.2, 0.25) is 10.0 Å². The Morgan fingerprint density at radius 2 is 1.66 bits per heavy atom. The van der Waals surface area contributed by atoms with E-state index in [2.05, 4.69) is 0 Å². The van der Waals surface area contributed by atoms with Gasteiger partial charge in [0.05, 0.1) is 10.6 Å². The highest BCUT2D eigenvalue weighted by Crippen LogP contribution is 2.27. The average molecular weight is 433 g/mol. The number of imide groups is 1. The zero-order valence-electron chi connectivity index (χ0n) is 15.6. The van der Waals surface area contributed by atoms with Crippen molar-refractivity contribution in [2.75, 3.05) is 0 Å². The smallest absolute Gasteiger partial charge is 0.275 e. The predicted octanol–water partition coefficient (Wildman–Crippen LogP) is 4.16. The summed E-state index contributed by atoms with van der Waals surface area (Å²) in [7, 11) is 0. The molecular weight excluding hydrogens is 415 g/mol. The van der Waals surface area contributed by atoms with Crippen molar-refractivity contribution in [2.45, 2.75) is 32.2 Å². The standard InChI is InChI=1S/C21H18Cl2N2O4/c1-2-17(20(28)13-6-4-3-5-7-13)24(25-18(26)10-11-19(25)27)21(29)15-9-8-14(22)12-16(15)23/h3-9,12,17H,2,10-11H2,1H3/t17-/m1/s1. The van der Waals surface area contributed by atoms with Crippen molar-refractivity contribution in [1.29, 1.82) is 0 Å². The highest BCUT2D eigenvalue weighted by molar-refractivity contribution is 6.36. The van der Waals surface area contributed by atoms with E-state index in [1.54, 1.807) is 37.3 Å². The molecule has 1 aliphatic rings. The summed E-state index contributed by atoms with van der Waals surface area (Å²) >= 11 is 12.1. The van der Waals surface area contributed by atoms with Gasteiger partial charge in [-0.2, -0.15) is 5.01 Å². The molecule has 0 unspecified atom stereocenters. The topological polar surface area (TPSA) is 74.8 Å². The van der Waals surface area contributed by atoms with Gasteiger partial charge in [0, 0.05) is 23.4 Å². The summed E-state index contributed by atoms with van der Waals surface area (Å²) in [6.45, 7) is 1.71. The van der Waals surface area contributed by atoms with E-state index in [4.69, 9.17) is 23.2 Å². The van der Waals surface area contributed by atoms with E-state index in [-0.39, 0.29) is 35.6 Å². The Kier molecular flexibility index (Phi) is 6.35. The molecule has 6 nitrogen and oxygen atoms in total. The van der Waals surface area contributed by atoms with Crippen molar-refractivity contribution in [3.63, 3.8) is 0 Å². The van der Waals surface area contributed by atoms with Gasteiger partial charge in [0.15, 0.2) is 5.78 Å². The molecule has 0 radical (unpaired) electrons. The molecule has 1 saturated heterocycles. The minimum atomic E-state index is -1.05. The highest BCUT2D eigenvalue weighted by Gasteiger charge is 2.43. The fourth-order valence-electron chi connectivity index (χ4n) is 3.23. The third kappa shape index (κ3) is 4.18. The zero-order chi connectivity index (χ0) is 21.1. The number of hydrogen-bond donors (Lipinski definition) is 0. The van der Waals surface area contributed by atoms with E-state index >= 15 is 0 Å². The molecule has 0 bridgehead atoms. The van der Waals surface area contributed by atoms with Gasteiger partial charge < -0.3 is 0 Å². The molecule has 8 heteroatoms. The Balaban J connectivity index is 2.09. The number of carbonyl (C=O) groups is 4. The summed E-state index contributed by atoms with van der Waals surface area (Å²) in [6, 6.07) is 11.6. The van der Waals surface area contributed by atoms with Crippen LogP contribution in [0.25, 0.3) is 0 Å². The number of carbonyl (C=O) groups excluding carboxylic acids is 4. The van der Waals surface area contributed by atoms with Crippen LogP contribution < -0.4 is 0 Å². The molecule has 0 spiro atoms. The predicted molar refractivity (Wildman–Crippen MR) is 109 cm³/mol. The molecular formula is C21H18Cl2N2O4. The Labute approximate surface area is 178 Å².